The third kappa shape index (κ3) is 5.01. The van der Waals surface area contributed by atoms with Crippen LogP contribution >= 0.6 is 23.7 Å². The molecule has 0 aliphatic heterocycles. The van der Waals surface area contributed by atoms with Crippen LogP contribution < -0.4 is 9.64 Å². The van der Waals surface area contributed by atoms with Crippen LogP contribution in [0, 0.1) is 6.92 Å². The van der Waals surface area contributed by atoms with Crippen molar-refractivity contribution in [2.75, 3.05) is 38.7 Å². The molecule has 0 aliphatic carbocycles. The van der Waals surface area contributed by atoms with Gasteiger partial charge in [0.1, 0.15) is 5.75 Å². The molecule has 0 atom stereocenters. The van der Waals surface area contributed by atoms with E-state index in [4.69, 9.17) is 9.72 Å². The molecule has 1 amide bonds. The van der Waals surface area contributed by atoms with E-state index in [1.54, 1.807) is 4.90 Å². The first kappa shape index (κ1) is 22.1. The molecule has 0 bridgehead atoms. The molecule has 0 spiro atoms. The number of fused-ring (bicyclic) bond motifs is 1. The van der Waals surface area contributed by atoms with Gasteiger partial charge in [-0.2, -0.15) is 0 Å². The summed E-state index contributed by atoms with van der Waals surface area (Å²) in [5, 5.41) is 0.716. The molecule has 2 aromatic carbocycles. The number of carbonyl (C=O) groups is 1. The van der Waals surface area contributed by atoms with Crippen LogP contribution in [0.25, 0.3) is 10.2 Å². The second-order valence-electron chi connectivity index (χ2n) is 6.63. The van der Waals surface area contributed by atoms with Crippen molar-refractivity contribution in [2.24, 2.45) is 0 Å². The summed E-state index contributed by atoms with van der Waals surface area (Å²) in [7, 11) is 4.01. The Labute approximate surface area is 176 Å². The zero-order valence-electron chi connectivity index (χ0n) is 16.6. The predicted octanol–water partition coefficient (Wildman–Crippen LogP) is 4.63. The summed E-state index contributed by atoms with van der Waals surface area (Å²) < 4.78 is 6.60. The number of benzene rings is 2. The van der Waals surface area contributed by atoms with Gasteiger partial charge in [-0.3, -0.25) is 9.69 Å². The minimum Gasteiger partial charge on any atom is -0.494 e. The number of aromatic nitrogens is 1. The second kappa shape index (κ2) is 9.87. The lowest BCUT2D eigenvalue weighted by atomic mass is 10.1. The van der Waals surface area contributed by atoms with Crippen molar-refractivity contribution in [3.63, 3.8) is 0 Å². The number of rotatable bonds is 7. The number of carbonyl (C=O) groups excluding carboxylic acids is 1. The SMILES string of the molecule is CCOc1ccc2nc(N(CCN(C)C)C(=O)c3ccccc3C)sc2c1.Cl. The molecular formula is C21H26ClN3O2S. The van der Waals surface area contributed by atoms with Gasteiger partial charge < -0.3 is 9.64 Å². The zero-order valence-corrected chi connectivity index (χ0v) is 18.3. The number of thiazole rings is 1. The summed E-state index contributed by atoms with van der Waals surface area (Å²) in [6.45, 7) is 5.89. The maximum Gasteiger partial charge on any atom is 0.260 e. The number of anilines is 1. The van der Waals surface area contributed by atoms with E-state index in [0.717, 1.165) is 28.1 Å². The molecule has 3 rings (SSSR count). The van der Waals surface area contributed by atoms with Crippen LogP contribution in [0.3, 0.4) is 0 Å². The molecule has 0 saturated heterocycles. The first-order valence-corrected chi connectivity index (χ1v) is 9.87. The molecule has 1 aromatic heterocycles. The molecule has 0 radical (unpaired) electrons. The van der Waals surface area contributed by atoms with E-state index >= 15 is 0 Å². The van der Waals surface area contributed by atoms with Crippen molar-refractivity contribution in [3.05, 3.63) is 53.6 Å². The van der Waals surface area contributed by atoms with Crippen LogP contribution in [-0.4, -0.2) is 49.6 Å². The van der Waals surface area contributed by atoms with Crippen molar-refractivity contribution in [1.29, 1.82) is 0 Å². The first-order chi connectivity index (χ1) is 13.0. The molecule has 150 valence electrons. The number of hydrogen-bond donors (Lipinski definition) is 0. The predicted molar refractivity (Wildman–Crippen MR) is 119 cm³/mol. The van der Waals surface area contributed by atoms with Gasteiger partial charge in [0.2, 0.25) is 0 Å². The highest BCUT2D eigenvalue weighted by molar-refractivity contribution is 7.22. The van der Waals surface area contributed by atoms with E-state index in [-0.39, 0.29) is 18.3 Å². The Balaban J connectivity index is 0.00000280. The molecule has 0 unspecified atom stereocenters. The third-order valence-electron chi connectivity index (χ3n) is 4.28. The number of hydrogen-bond acceptors (Lipinski definition) is 5. The van der Waals surface area contributed by atoms with Crippen molar-refractivity contribution in [1.82, 2.24) is 9.88 Å². The summed E-state index contributed by atoms with van der Waals surface area (Å²) in [6.07, 6.45) is 0. The van der Waals surface area contributed by atoms with E-state index in [0.29, 0.717) is 23.8 Å². The number of halogens is 1. The fraction of sp³-hybridized carbons (Fsp3) is 0.333. The molecule has 0 N–H and O–H groups in total. The van der Waals surface area contributed by atoms with Crippen LogP contribution in [0.15, 0.2) is 42.5 Å². The number of ether oxygens (including phenoxy) is 1. The summed E-state index contributed by atoms with van der Waals surface area (Å²) in [6, 6.07) is 13.5. The summed E-state index contributed by atoms with van der Waals surface area (Å²) in [5.41, 5.74) is 2.56. The van der Waals surface area contributed by atoms with Crippen molar-refractivity contribution < 1.29 is 9.53 Å². The highest BCUT2D eigenvalue weighted by Crippen LogP contribution is 2.32. The average molecular weight is 420 g/mol. The minimum absolute atomic E-state index is 0. The number of nitrogens with zero attached hydrogens (tertiary/aromatic N) is 3. The number of likely N-dealkylation sites (N-methyl/N-ethyl adjacent to an activating group) is 1. The van der Waals surface area contributed by atoms with Gasteiger partial charge in [-0.1, -0.05) is 29.5 Å². The molecule has 1 heterocycles. The van der Waals surface area contributed by atoms with Crippen LogP contribution in [0.1, 0.15) is 22.8 Å². The Morgan fingerprint density at radius 3 is 2.57 bits per heavy atom. The van der Waals surface area contributed by atoms with E-state index < -0.39 is 0 Å². The van der Waals surface area contributed by atoms with E-state index in [2.05, 4.69) is 4.90 Å². The monoisotopic (exact) mass is 419 g/mol. The van der Waals surface area contributed by atoms with Gasteiger partial charge in [0, 0.05) is 18.7 Å². The maximum absolute atomic E-state index is 13.3. The largest absolute Gasteiger partial charge is 0.494 e. The lowest BCUT2D eigenvalue weighted by Crippen LogP contribution is -2.37. The van der Waals surface area contributed by atoms with Crippen LogP contribution in [0.5, 0.6) is 5.75 Å². The topological polar surface area (TPSA) is 45.7 Å². The standard InChI is InChI=1S/C21H25N3O2S.ClH/c1-5-26-16-10-11-18-19(14-16)27-21(22-18)24(13-12-23(3)4)20(25)17-9-7-6-8-15(17)2;/h6-11,14H,5,12-13H2,1-4H3;1H. The summed E-state index contributed by atoms with van der Waals surface area (Å²) >= 11 is 1.52. The maximum atomic E-state index is 13.3. The highest BCUT2D eigenvalue weighted by Gasteiger charge is 2.22. The Morgan fingerprint density at radius 1 is 1.14 bits per heavy atom. The summed E-state index contributed by atoms with van der Waals surface area (Å²) in [5.74, 6) is 0.810. The Morgan fingerprint density at radius 2 is 1.89 bits per heavy atom. The molecule has 3 aromatic rings. The Kier molecular flexibility index (Phi) is 7.80. The van der Waals surface area contributed by atoms with Gasteiger partial charge in [0.05, 0.1) is 16.8 Å². The van der Waals surface area contributed by atoms with Crippen molar-refractivity contribution >= 4 is 45.0 Å². The van der Waals surface area contributed by atoms with Crippen molar-refractivity contribution in [3.8, 4) is 5.75 Å². The first-order valence-electron chi connectivity index (χ1n) is 9.05. The Hall–Kier alpha value is -2.15. The van der Waals surface area contributed by atoms with Gasteiger partial charge in [0.15, 0.2) is 5.13 Å². The van der Waals surface area contributed by atoms with Gasteiger partial charge in [-0.05, 0) is 57.8 Å². The smallest absolute Gasteiger partial charge is 0.260 e. The summed E-state index contributed by atoms with van der Waals surface area (Å²) in [4.78, 5) is 21.8. The molecule has 0 fully saturated rings. The minimum atomic E-state index is -0.0148. The van der Waals surface area contributed by atoms with Crippen LogP contribution in [0.2, 0.25) is 0 Å². The fourth-order valence-corrected chi connectivity index (χ4v) is 3.83. The van der Waals surface area contributed by atoms with Crippen LogP contribution in [-0.2, 0) is 0 Å². The molecular weight excluding hydrogens is 394 g/mol. The Bertz CT molecular complexity index is 942. The lowest BCUT2D eigenvalue weighted by Gasteiger charge is -2.22. The zero-order chi connectivity index (χ0) is 19.4. The number of aryl methyl sites for hydroxylation is 1. The fourth-order valence-electron chi connectivity index (χ4n) is 2.81. The third-order valence-corrected chi connectivity index (χ3v) is 5.32. The molecule has 5 nitrogen and oxygen atoms in total. The van der Waals surface area contributed by atoms with Gasteiger partial charge >= 0.3 is 0 Å². The second-order valence-corrected chi connectivity index (χ2v) is 7.64. The van der Waals surface area contributed by atoms with Crippen LogP contribution in [0.4, 0.5) is 5.13 Å². The molecule has 28 heavy (non-hydrogen) atoms. The van der Waals surface area contributed by atoms with E-state index in [1.807, 2.05) is 70.4 Å². The van der Waals surface area contributed by atoms with E-state index in [9.17, 15) is 4.79 Å². The lowest BCUT2D eigenvalue weighted by molar-refractivity contribution is 0.0984. The van der Waals surface area contributed by atoms with Crippen molar-refractivity contribution in [2.45, 2.75) is 13.8 Å². The van der Waals surface area contributed by atoms with Gasteiger partial charge in [-0.15, -0.1) is 12.4 Å². The highest BCUT2D eigenvalue weighted by atomic mass is 35.5. The van der Waals surface area contributed by atoms with Gasteiger partial charge in [-0.25, -0.2) is 4.98 Å². The average Bonchev–Trinajstić information content (AvgIpc) is 3.05. The normalized spacial score (nSPS) is 10.8. The van der Waals surface area contributed by atoms with E-state index in [1.165, 1.54) is 11.3 Å². The quantitative estimate of drug-likeness (QED) is 0.560. The number of amides is 1. The molecule has 0 aliphatic rings. The van der Waals surface area contributed by atoms with Gasteiger partial charge in [0.25, 0.3) is 5.91 Å². The molecule has 7 heteroatoms. The molecule has 0 saturated carbocycles.